The van der Waals surface area contributed by atoms with E-state index in [9.17, 15) is 0 Å². The summed E-state index contributed by atoms with van der Waals surface area (Å²) in [7, 11) is 0. The quantitative estimate of drug-likeness (QED) is 0.854. The van der Waals surface area contributed by atoms with E-state index in [4.69, 9.17) is 10.5 Å². The Morgan fingerprint density at radius 2 is 1.85 bits per heavy atom. The molecule has 0 amide bonds. The Morgan fingerprint density at radius 1 is 1.10 bits per heavy atom. The molecule has 0 saturated carbocycles. The van der Waals surface area contributed by atoms with E-state index in [0.29, 0.717) is 6.61 Å². The fraction of sp³-hybridized carbons (Fsp3) is 0.294. The van der Waals surface area contributed by atoms with Gasteiger partial charge in [0, 0.05) is 6.04 Å². The van der Waals surface area contributed by atoms with E-state index < -0.39 is 0 Å². The lowest BCUT2D eigenvalue weighted by Crippen LogP contribution is -2.21. The van der Waals surface area contributed by atoms with Gasteiger partial charge in [0.2, 0.25) is 0 Å². The minimum absolute atomic E-state index is 0.170. The third-order valence-corrected chi connectivity index (χ3v) is 3.91. The van der Waals surface area contributed by atoms with Gasteiger partial charge in [0.25, 0.3) is 0 Å². The first kappa shape index (κ1) is 15.1. The van der Waals surface area contributed by atoms with Crippen LogP contribution in [0.15, 0.2) is 53.0 Å². The Balaban J connectivity index is 2.13. The van der Waals surface area contributed by atoms with Crippen molar-refractivity contribution in [3.05, 3.63) is 64.1 Å². The molecule has 0 aliphatic carbocycles. The number of nitrogens with two attached hydrogens (primary N) is 1. The molecule has 0 aliphatic heterocycles. The number of halogens is 1. The fourth-order valence-electron chi connectivity index (χ4n) is 2.03. The van der Waals surface area contributed by atoms with E-state index in [1.54, 1.807) is 0 Å². The van der Waals surface area contributed by atoms with Crippen LogP contribution in [0.5, 0.6) is 5.75 Å². The first-order valence-corrected chi connectivity index (χ1v) is 7.69. The molecule has 2 nitrogen and oxygen atoms in total. The highest BCUT2D eigenvalue weighted by Crippen LogP contribution is 2.30. The van der Waals surface area contributed by atoms with Crippen molar-refractivity contribution < 1.29 is 4.74 Å². The van der Waals surface area contributed by atoms with Crippen LogP contribution in [0.4, 0.5) is 0 Å². The van der Waals surface area contributed by atoms with Gasteiger partial charge >= 0.3 is 0 Å². The maximum Gasteiger partial charge on any atom is 0.137 e. The smallest absolute Gasteiger partial charge is 0.137 e. The van der Waals surface area contributed by atoms with E-state index in [2.05, 4.69) is 41.1 Å². The van der Waals surface area contributed by atoms with Crippen molar-refractivity contribution in [2.75, 3.05) is 0 Å². The van der Waals surface area contributed by atoms with Crippen molar-refractivity contribution in [3.63, 3.8) is 0 Å². The van der Waals surface area contributed by atoms with Gasteiger partial charge in [-0.15, -0.1) is 0 Å². The van der Waals surface area contributed by atoms with Gasteiger partial charge in [-0.1, -0.05) is 49.4 Å². The molecular weight excluding hydrogens is 314 g/mol. The third kappa shape index (κ3) is 4.09. The second-order valence-corrected chi connectivity index (χ2v) is 5.73. The third-order valence-electron chi connectivity index (χ3n) is 3.28. The van der Waals surface area contributed by atoms with Gasteiger partial charge in [-0.3, -0.25) is 0 Å². The second kappa shape index (κ2) is 7.46. The zero-order valence-electron chi connectivity index (χ0n) is 11.7. The van der Waals surface area contributed by atoms with Gasteiger partial charge in [0.15, 0.2) is 0 Å². The highest BCUT2D eigenvalue weighted by atomic mass is 79.9. The molecule has 1 atom stereocenters. The number of para-hydroxylation sites is 1. The molecule has 0 aliphatic rings. The van der Waals surface area contributed by atoms with Crippen LogP contribution in [-0.4, -0.2) is 6.04 Å². The monoisotopic (exact) mass is 333 g/mol. The van der Waals surface area contributed by atoms with E-state index in [0.717, 1.165) is 34.2 Å². The topological polar surface area (TPSA) is 35.2 Å². The van der Waals surface area contributed by atoms with E-state index in [1.807, 2.05) is 30.3 Å². The molecule has 0 radical (unpaired) electrons. The lowest BCUT2D eigenvalue weighted by molar-refractivity contribution is 0.300. The van der Waals surface area contributed by atoms with Crippen LogP contribution in [0.3, 0.4) is 0 Å². The highest BCUT2D eigenvalue weighted by molar-refractivity contribution is 9.10. The van der Waals surface area contributed by atoms with Crippen molar-refractivity contribution in [1.82, 2.24) is 0 Å². The van der Waals surface area contributed by atoms with Crippen LogP contribution < -0.4 is 10.5 Å². The van der Waals surface area contributed by atoms with Crippen LogP contribution in [0.25, 0.3) is 0 Å². The molecule has 0 saturated heterocycles. The number of hydrogen-bond acceptors (Lipinski definition) is 2. The molecule has 0 bridgehead atoms. The molecule has 2 N–H and O–H groups in total. The fourth-order valence-corrected chi connectivity index (χ4v) is 2.55. The van der Waals surface area contributed by atoms with E-state index in [-0.39, 0.29) is 6.04 Å². The van der Waals surface area contributed by atoms with E-state index in [1.165, 1.54) is 0 Å². The van der Waals surface area contributed by atoms with Gasteiger partial charge in [0.1, 0.15) is 12.4 Å². The molecule has 0 fully saturated rings. The summed E-state index contributed by atoms with van der Waals surface area (Å²) in [6.45, 7) is 2.67. The number of hydrogen-bond donors (Lipinski definition) is 1. The molecule has 0 heterocycles. The standard InChI is InChI=1S/C17H20BrNO/c1-2-15(19)11-14-9-6-10-16(18)17(14)20-12-13-7-4-3-5-8-13/h3-10,15H,2,11-12,19H2,1H3. The summed E-state index contributed by atoms with van der Waals surface area (Å²) in [4.78, 5) is 0. The van der Waals surface area contributed by atoms with Gasteiger partial charge < -0.3 is 10.5 Å². The molecule has 2 rings (SSSR count). The van der Waals surface area contributed by atoms with Crippen LogP contribution in [-0.2, 0) is 13.0 Å². The Labute approximate surface area is 129 Å². The number of ether oxygens (including phenoxy) is 1. The van der Waals surface area contributed by atoms with Crippen molar-refractivity contribution in [2.24, 2.45) is 5.73 Å². The molecule has 2 aromatic carbocycles. The summed E-state index contributed by atoms with van der Waals surface area (Å²) in [6, 6.07) is 16.5. The molecular formula is C17H20BrNO. The lowest BCUT2D eigenvalue weighted by atomic mass is 10.0. The Hall–Kier alpha value is -1.32. The Morgan fingerprint density at radius 3 is 2.55 bits per heavy atom. The normalized spacial score (nSPS) is 12.2. The summed E-state index contributed by atoms with van der Waals surface area (Å²) in [5.74, 6) is 0.903. The largest absolute Gasteiger partial charge is 0.487 e. The number of rotatable bonds is 6. The second-order valence-electron chi connectivity index (χ2n) is 4.87. The average Bonchev–Trinajstić information content (AvgIpc) is 2.47. The van der Waals surface area contributed by atoms with Crippen LogP contribution >= 0.6 is 15.9 Å². The number of benzene rings is 2. The van der Waals surface area contributed by atoms with Gasteiger partial charge in [-0.25, -0.2) is 0 Å². The van der Waals surface area contributed by atoms with Crippen molar-refractivity contribution >= 4 is 15.9 Å². The molecule has 2 aromatic rings. The minimum atomic E-state index is 0.170. The minimum Gasteiger partial charge on any atom is -0.487 e. The van der Waals surface area contributed by atoms with Crippen molar-refractivity contribution in [1.29, 1.82) is 0 Å². The molecule has 20 heavy (non-hydrogen) atoms. The molecule has 1 unspecified atom stereocenters. The zero-order valence-corrected chi connectivity index (χ0v) is 13.3. The average molecular weight is 334 g/mol. The summed E-state index contributed by atoms with van der Waals surface area (Å²) in [5.41, 5.74) is 8.38. The van der Waals surface area contributed by atoms with Crippen LogP contribution in [0.2, 0.25) is 0 Å². The first-order valence-electron chi connectivity index (χ1n) is 6.90. The highest BCUT2D eigenvalue weighted by Gasteiger charge is 2.11. The predicted octanol–water partition coefficient (Wildman–Crippen LogP) is 4.31. The Kier molecular flexibility index (Phi) is 5.62. The molecule has 3 heteroatoms. The maximum atomic E-state index is 6.06. The zero-order chi connectivity index (χ0) is 14.4. The Bertz CT molecular complexity index is 542. The molecule has 106 valence electrons. The van der Waals surface area contributed by atoms with Crippen LogP contribution in [0.1, 0.15) is 24.5 Å². The van der Waals surface area contributed by atoms with Gasteiger partial charge in [-0.2, -0.15) is 0 Å². The van der Waals surface area contributed by atoms with Gasteiger partial charge in [0.05, 0.1) is 4.47 Å². The van der Waals surface area contributed by atoms with Gasteiger partial charge in [-0.05, 0) is 46.0 Å². The summed E-state index contributed by atoms with van der Waals surface area (Å²) in [5, 5.41) is 0. The lowest BCUT2D eigenvalue weighted by Gasteiger charge is -2.16. The first-order chi connectivity index (χ1) is 9.70. The molecule has 0 aromatic heterocycles. The summed E-state index contributed by atoms with van der Waals surface area (Å²) < 4.78 is 6.98. The van der Waals surface area contributed by atoms with E-state index >= 15 is 0 Å². The SMILES string of the molecule is CCC(N)Cc1cccc(Br)c1OCc1ccccc1. The maximum absolute atomic E-state index is 6.06. The predicted molar refractivity (Wildman–Crippen MR) is 86.9 cm³/mol. The molecule has 0 spiro atoms. The van der Waals surface area contributed by atoms with Crippen molar-refractivity contribution in [3.8, 4) is 5.75 Å². The summed E-state index contributed by atoms with van der Waals surface area (Å²) >= 11 is 3.57. The van der Waals surface area contributed by atoms with Crippen molar-refractivity contribution in [2.45, 2.75) is 32.4 Å². The summed E-state index contributed by atoms with van der Waals surface area (Å²) in [6.07, 6.45) is 1.80. The van der Waals surface area contributed by atoms with Crippen LogP contribution in [0, 0.1) is 0 Å².